The number of carbonyl (C=O) groups excluding carboxylic acids is 1. The molecule has 0 aliphatic carbocycles. The van der Waals surface area contributed by atoms with Gasteiger partial charge in [-0.15, -0.1) is 0 Å². The fourth-order valence-electron chi connectivity index (χ4n) is 1.13. The standard InChI is InChI=1S/C12H17NO3/c1-3-15-8-9-16-12(14)13-11-6-4-10(2)5-7-11/h4-7H,3,8-9H2,1-2H3,(H,13,14). The molecule has 0 aromatic heterocycles. The summed E-state index contributed by atoms with van der Waals surface area (Å²) in [4.78, 5) is 11.3. The lowest BCUT2D eigenvalue weighted by Gasteiger charge is -2.07. The fraction of sp³-hybridized carbons (Fsp3) is 0.417. The first kappa shape index (κ1) is 12.5. The van der Waals surface area contributed by atoms with E-state index in [2.05, 4.69) is 5.32 Å². The van der Waals surface area contributed by atoms with Gasteiger partial charge < -0.3 is 9.47 Å². The van der Waals surface area contributed by atoms with Crippen molar-refractivity contribution in [2.45, 2.75) is 13.8 Å². The molecular formula is C12H17NO3. The van der Waals surface area contributed by atoms with Gasteiger partial charge in [0.1, 0.15) is 6.61 Å². The number of rotatable bonds is 5. The summed E-state index contributed by atoms with van der Waals surface area (Å²) < 4.78 is 9.95. The minimum Gasteiger partial charge on any atom is -0.447 e. The van der Waals surface area contributed by atoms with Crippen LogP contribution in [0.25, 0.3) is 0 Å². The maximum absolute atomic E-state index is 11.3. The predicted octanol–water partition coefficient (Wildman–Crippen LogP) is 2.58. The summed E-state index contributed by atoms with van der Waals surface area (Å²) in [6.45, 7) is 5.21. The molecule has 88 valence electrons. The third kappa shape index (κ3) is 4.79. The molecule has 0 heterocycles. The Labute approximate surface area is 95.6 Å². The van der Waals surface area contributed by atoms with Crippen LogP contribution in [-0.4, -0.2) is 25.9 Å². The van der Waals surface area contributed by atoms with E-state index in [0.29, 0.717) is 13.2 Å². The second-order valence-electron chi connectivity index (χ2n) is 3.32. The minimum atomic E-state index is -0.455. The van der Waals surface area contributed by atoms with E-state index in [9.17, 15) is 4.79 Å². The monoisotopic (exact) mass is 223 g/mol. The summed E-state index contributed by atoms with van der Waals surface area (Å²) in [5.74, 6) is 0. The summed E-state index contributed by atoms with van der Waals surface area (Å²) in [6.07, 6.45) is -0.455. The van der Waals surface area contributed by atoms with E-state index in [1.807, 2.05) is 38.1 Å². The molecule has 16 heavy (non-hydrogen) atoms. The molecular weight excluding hydrogens is 206 g/mol. The number of anilines is 1. The van der Waals surface area contributed by atoms with E-state index in [1.54, 1.807) is 0 Å². The largest absolute Gasteiger partial charge is 0.447 e. The first-order valence-corrected chi connectivity index (χ1v) is 5.30. The van der Waals surface area contributed by atoms with Crippen molar-refractivity contribution in [1.82, 2.24) is 0 Å². The van der Waals surface area contributed by atoms with Crippen LogP contribution in [0.1, 0.15) is 12.5 Å². The van der Waals surface area contributed by atoms with Gasteiger partial charge in [-0.05, 0) is 26.0 Å². The van der Waals surface area contributed by atoms with Gasteiger partial charge in [0.05, 0.1) is 6.61 Å². The van der Waals surface area contributed by atoms with Gasteiger partial charge in [-0.1, -0.05) is 17.7 Å². The molecule has 1 rings (SSSR count). The number of ether oxygens (including phenoxy) is 2. The van der Waals surface area contributed by atoms with Crippen molar-refractivity contribution in [2.24, 2.45) is 0 Å². The molecule has 1 N–H and O–H groups in total. The molecule has 4 heteroatoms. The van der Waals surface area contributed by atoms with Gasteiger partial charge in [0.2, 0.25) is 0 Å². The fourth-order valence-corrected chi connectivity index (χ4v) is 1.13. The molecule has 0 unspecified atom stereocenters. The lowest BCUT2D eigenvalue weighted by molar-refractivity contribution is 0.0850. The molecule has 0 fully saturated rings. The molecule has 0 radical (unpaired) electrons. The summed E-state index contributed by atoms with van der Waals surface area (Å²) in [5.41, 5.74) is 1.88. The molecule has 0 saturated carbocycles. The van der Waals surface area contributed by atoms with Gasteiger partial charge in [0.25, 0.3) is 0 Å². The van der Waals surface area contributed by atoms with Crippen LogP contribution in [-0.2, 0) is 9.47 Å². The second kappa shape index (κ2) is 6.85. The van der Waals surface area contributed by atoms with Crippen LogP contribution in [0.4, 0.5) is 10.5 Å². The predicted molar refractivity (Wildman–Crippen MR) is 62.6 cm³/mol. The van der Waals surface area contributed by atoms with Gasteiger partial charge in [-0.2, -0.15) is 0 Å². The van der Waals surface area contributed by atoms with Crippen LogP contribution < -0.4 is 5.32 Å². The van der Waals surface area contributed by atoms with E-state index < -0.39 is 6.09 Å². The van der Waals surface area contributed by atoms with Crippen molar-refractivity contribution >= 4 is 11.8 Å². The maximum atomic E-state index is 11.3. The highest BCUT2D eigenvalue weighted by Gasteiger charge is 2.01. The van der Waals surface area contributed by atoms with Crippen LogP contribution in [0.2, 0.25) is 0 Å². The van der Waals surface area contributed by atoms with E-state index in [0.717, 1.165) is 11.3 Å². The first-order valence-electron chi connectivity index (χ1n) is 5.30. The molecule has 4 nitrogen and oxygen atoms in total. The lowest BCUT2D eigenvalue weighted by atomic mass is 10.2. The minimum absolute atomic E-state index is 0.269. The topological polar surface area (TPSA) is 47.6 Å². The van der Waals surface area contributed by atoms with E-state index in [1.165, 1.54) is 0 Å². The Balaban J connectivity index is 2.26. The van der Waals surface area contributed by atoms with Crippen molar-refractivity contribution < 1.29 is 14.3 Å². The smallest absolute Gasteiger partial charge is 0.411 e. The zero-order valence-corrected chi connectivity index (χ0v) is 9.66. The molecule has 0 spiro atoms. The number of benzene rings is 1. The van der Waals surface area contributed by atoms with Crippen molar-refractivity contribution in [2.75, 3.05) is 25.1 Å². The summed E-state index contributed by atoms with van der Waals surface area (Å²) >= 11 is 0. The second-order valence-corrected chi connectivity index (χ2v) is 3.32. The highest BCUT2D eigenvalue weighted by molar-refractivity contribution is 5.84. The highest BCUT2D eigenvalue weighted by atomic mass is 16.6. The third-order valence-corrected chi connectivity index (χ3v) is 1.96. The molecule has 1 aromatic carbocycles. The van der Waals surface area contributed by atoms with E-state index in [4.69, 9.17) is 9.47 Å². The van der Waals surface area contributed by atoms with Crippen LogP contribution >= 0.6 is 0 Å². The Morgan fingerprint density at radius 2 is 1.94 bits per heavy atom. The van der Waals surface area contributed by atoms with Crippen molar-refractivity contribution in [1.29, 1.82) is 0 Å². The molecule has 1 aromatic rings. The average molecular weight is 223 g/mol. The number of amides is 1. The van der Waals surface area contributed by atoms with Crippen LogP contribution in [0.15, 0.2) is 24.3 Å². The summed E-state index contributed by atoms with van der Waals surface area (Å²) in [6, 6.07) is 7.52. The van der Waals surface area contributed by atoms with Crippen molar-refractivity contribution in [3.63, 3.8) is 0 Å². The maximum Gasteiger partial charge on any atom is 0.411 e. The summed E-state index contributed by atoms with van der Waals surface area (Å²) in [7, 11) is 0. The number of carbonyl (C=O) groups is 1. The van der Waals surface area contributed by atoms with Crippen molar-refractivity contribution in [3.8, 4) is 0 Å². The third-order valence-electron chi connectivity index (χ3n) is 1.96. The molecule has 0 saturated heterocycles. The van der Waals surface area contributed by atoms with Crippen LogP contribution in [0.3, 0.4) is 0 Å². The normalized spacial score (nSPS) is 9.88. The number of hydrogen-bond acceptors (Lipinski definition) is 3. The lowest BCUT2D eigenvalue weighted by Crippen LogP contribution is -2.16. The molecule has 1 amide bonds. The van der Waals surface area contributed by atoms with Crippen LogP contribution in [0.5, 0.6) is 0 Å². The van der Waals surface area contributed by atoms with E-state index >= 15 is 0 Å². The SMILES string of the molecule is CCOCCOC(=O)Nc1ccc(C)cc1. The van der Waals surface area contributed by atoms with Gasteiger partial charge in [-0.3, -0.25) is 5.32 Å². The Morgan fingerprint density at radius 3 is 2.56 bits per heavy atom. The Kier molecular flexibility index (Phi) is 5.36. The summed E-state index contributed by atoms with van der Waals surface area (Å²) in [5, 5.41) is 2.63. The molecule has 0 atom stereocenters. The quantitative estimate of drug-likeness (QED) is 0.780. The van der Waals surface area contributed by atoms with Gasteiger partial charge >= 0.3 is 6.09 Å². The van der Waals surface area contributed by atoms with Crippen molar-refractivity contribution in [3.05, 3.63) is 29.8 Å². The van der Waals surface area contributed by atoms with Crippen LogP contribution in [0, 0.1) is 6.92 Å². The van der Waals surface area contributed by atoms with Gasteiger partial charge in [-0.25, -0.2) is 4.79 Å². The van der Waals surface area contributed by atoms with Gasteiger partial charge in [0.15, 0.2) is 0 Å². The molecule has 0 aliphatic rings. The number of nitrogens with one attached hydrogen (secondary N) is 1. The highest BCUT2D eigenvalue weighted by Crippen LogP contribution is 2.08. The zero-order chi connectivity index (χ0) is 11.8. The zero-order valence-electron chi connectivity index (χ0n) is 9.66. The average Bonchev–Trinajstić information content (AvgIpc) is 2.28. The first-order chi connectivity index (χ1) is 7.72. The molecule has 0 bridgehead atoms. The Hall–Kier alpha value is -1.55. The Morgan fingerprint density at radius 1 is 1.25 bits per heavy atom. The van der Waals surface area contributed by atoms with Gasteiger partial charge in [0, 0.05) is 12.3 Å². The number of hydrogen-bond donors (Lipinski definition) is 1. The number of aryl methyl sites for hydroxylation is 1. The Bertz CT molecular complexity index is 322. The van der Waals surface area contributed by atoms with E-state index in [-0.39, 0.29) is 6.61 Å². The molecule has 0 aliphatic heterocycles.